The smallest absolute Gasteiger partial charge is 0.173 e. The first-order chi connectivity index (χ1) is 13.8. The van der Waals surface area contributed by atoms with Gasteiger partial charge >= 0.3 is 0 Å². The fourth-order valence-corrected chi connectivity index (χ4v) is 3.54. The van der Waals surface area contributed by atoms with Crippen LogP contribution in [-0.2, 0) is 11.3 Å². The lowest BCUT2D eigenvalue weighted by Crippen LogP contribution is -2.11. The third-order valence-corrected chi connectivity index (χ3v) is 4.88. The molecule has 3 aromatic rings. The van der Waals surface area contributed by atoms with Crippen molar-refractivity contribution >= 4 is 27.9 Å². The van der Waals surface area contributed by atoms with Gasteiger partial charge < -0.3 is 4.84 Å². The Kier molecular flexibility index (Phi) is 5.57. The molecule has 28 heavy (non-hydrogen) atoms. The number of aliphatic imine (C=N–C) groups is 1. The van der Waals surface area contributed by atoms with Crippen LogP contribution < -0.4 is 0 Å². The first kappa shape index (κ1) is 18.5. The van der Waals surface area contributed by atoms with E-state index in [1.165, 1.54) is 0 Å². The number of rotatable bonds is 6. The SMILES string of the molecule is CCC=NOCCc1nnc2n1-c1ccccc1C(c1ccccn1)=NC2Br. The van der Waals surface area contributed by atoms with Crippen LogP contribution in [0.4, 0.5) is 0 Å². The number of fused-ring (bicyclic) bond motifs is 3. The van der Waals surface area contributed by atoms with E-state index in [2.05, 4.69) is 36.3 Å². The molecule has 0 bridgehead atoms. The fraction of sp³-hybridized carbons (Fsp3) is 0.250. The molecule has 2 aromatic heterocycles. The van der Waals surface area contributed by atoms with Crippen LogP contribution in [0.5, 0.6) is 0 Å². The van der Waals surface area contributed by atoms with Crippen molar-refractivity contribution < 1.29 is 4.84 Å². The van der Waals surface area contributed by atoms with Crippen molar-refractivity contribution in [2.75, 3.05) is 6.61 Å². The van der Waals surface area contributed by atoms with E-state index >= 15 is 0 Å². The first-order valence-electron chi connectivity index (χ1n) is 9.10. The predicted octanol–water partition coefficient (Wildman–Crippen LogP) is 3.86. The van der Waals surface area contributed by atoms with E-state index in [9.17, 15) is 0 Å². The quantitative estimate of drug-likeness (QED) is 0.192. The largest absolute Gasteiger partial charge is 0.396 e. The Balaban J connectivity index is 1.75. The van der Waals surface area contributed by atoms with E-state index in [0.29, 0.717) is 13.0 Å². The van der Waals surface area contributed by atoms with Gasteiger partial charge in [0.05, 0.1) is 17.1 Å². The summed E-state index contributed by atoms with van der Waals surface area (Å²) in [4.78, 5) is 14.3. The summed E-state index contributed by atoms with van der Waals surface area (Å²) in [6.45, 7) is 2.44. The molecule has 4 rings (SSSR count). The van der Waals surface area contributed by atoms with Gasteiger partial charge in [-0.2, -0.15) is 0 Å². The molecule has 0 spiro atoms. The third kappa shape index (κ3) is 3.60. The van der Waals surface area contributed by atoms with Gasteiger partial charge in [-0.3, -0.25) is 14.5 Å². The van der Waals surface area contributed by atoms with Crippen LogP contribution in [0.2, 0.25) is 0 Å². The van der Waals surface area contributed by atoms with Crippen LogP contribution in [-0.4, -0.2) is 38.3 Å². The summed E-state index contributed by atoms with van der Waals surface area (Å²) in [5.41, 5.74) is 3.59. The van der Waals surface area contributed by atoms with Crippen LogP contribution in [0.25, 0.3) is 5.69 Å². The molecular formula is C20H19BrN6O. The molecule has 8 heteroatoms. The standard InChI is InChI=1S/C20H19BrN6O/c1-2-11-23-28-13-10-17-25-26-20-19(21)24-18(15-8-5-6-12-22-15)14-7-3-4-9-16(14)27(17)20/h3-9,11-12,19H,2,10,13H2,1H3. The lowest BCUT2D eigenvalue weighted by Gasteiger charge is -2.12. The maximum Gasteiger partial charge on any atom is 0.173 e. The van der Waals surface area contributed by atoms with E-state index in [1.807, 2.05) is 54.0 Å². The molecule has 1 aliphatic rings. The van der Waals surface area contributed by atoms with Crippen LogP contribution in [0.3, 0.4) is 0 Å². The number of hydrogen-bond acceptors (Lipinski definition) is 6. The normalized spacial score (nSPS) is 15.6. The molecule has 0 saturated heterocycles. The molecule has 1 aliphatic heterocycles. The summed E-state index contributed by atoms with van der Waals surface area (Å²) >= 11 is 3.66. The van der Waals surface area contributed by atoms with E-state index in [0.717, 1.165) is 40.7 Å². The summed E-state index contributed by atoms with van der Waals surface area (Å²) in [7, 11) is 0. The molecular weight excluding hydrogens is 420 g/mol. The highest BCUT2D eigenvalue weighted by atomic mass is 79.9. The molecule has 0 N–H and O–H groups in total. The minimum atomic E-state index is -0.336. The monoisotopic (exact) mass is 438 g/mol. The Bertz CT molecular complexity index is 1010. The van der Waals surface area contributed by atoms with Crippen molar-refractivity contribution in [3.8, 4) is 5.69 Å². The topological polar surface area (TPSA) is 77.5 Å². The summed E-state index contributed by atoms with van der Waals surface area (Å²) in [5.74, 6) is 1.53. The van der Waals surface area contributed by atoms with Crippen LogP contribution in [0, 0.1) is 0 Å². The number of pyridine rings is 1. The number of para-hydroxylation sites is 1. The Labute approximate surface area is 171 Å². The van der Waals surface area contributed by atoms with Gasteiger partial charge in [0.15, 0.2) is 10.8 Å². The van der Waals surface area contributed by atoms with Crippen molar-refractivity contribution in [3.63, 3.8) is 0 Å². The van der Waals surface area contributed by atoms with Crippen LogP contribution >= 0.6 is 15.9 Å². The maximum absolute atomic E-state index is 5.31. The zero-order valence-corrected chi connectivity index (χ0v) is 17.0. The zero-order chi connectivity index (χ0) is 19.3. The fourth-order valence-electron chi connectivity index (χ4n) is 3.04. The molecule has 0 radical (unpaired) electrons. The summed E-state index contributed by atoms with van der Waals surface area (Å²) < 4.78 is 2.04. The van der Waals surface area contributed by atoms with Gasteiger partial charge in [-0.1, -0.05) is 52.3 Å². The number of aromatic nitrogens is 4. The average molecular weight is 439 g/mol. The highest BCUT2D eigenvalue weighted by molar-refractivity contribution is 9.09. The van der Waals surface area contributed by atoms with Gasteiger partial charge in [-0.05, 0) is 24.6 Å². The number of halogens is 1. The maximum atomic E-state index is 5.31. The molecule has 1 unspecified atom stereocenters. The van der Waals surface area contributed by atoms with Crippen molar-refractivity contribution in [3.05, 3.63) is 71.6 Å². The van der Waals surface area contributed by atoms with Gasteiger partial charge in [-0.25, -0.2) is 0 Å². The molecule has 142 valence electrons. The van der Waals surface area contributed by atoms with Crippen molar-refractivity contribution in [2.45, 2.75) is 24.7 Å². The number of oxime groups is 1. The van der Waals surface area contributed by atoms with Gasteiger partial charge in [0, 0.05) is 24.4 Å². The highest BCUT2D eigenvalue weighted by Gasteiger charge is 2.27. The lowest BCUT2D eigenvalue weighted by molar-refractivity contribution is 0.147. The lowest BCUT2D eigenvalue weighted by atomic mass is 10.0. The van der Waals surface area contributed by atoms with E-state index in [-0.39, 0.29) is 4.95 Å². The van der Waals surface area contributed by atoms with Crippen molar-refractivity contribution in [1.29, 1.82) is 0 Å². The Morgan fingerprint density at radius 3 is 2.86 bits per heavy atom. The Hall–Kier alpha value is -2.87. The summed E-state index contributed by atoms with van der Waals surface area (Å²) in [5, 5.41) is 12.7. The average Bonchev–Trinajstić information content (AvgIpc) is 3.11. The van der Waals surface area contributed by atoms with Crippen LogP contribution in [0.1, 0.15) is 41.2 Å². The third-order valence-electron chi connectivity index (χ3n) is 4.27. The molecule has 0 fully saturated rings. The van der Waals surface area contributed by atoms with E-state index in [1.54, 1.807) is 12.4 Å². The molecule has 1 atom stereocenters. The second-order valence-electron chi connectivity index (χ2n) is 6.13. The molecule has 1 aromatic carbocycles. The Morgan fingerprint density at radius 1 is 1.18 bits per heavy atom. The molecule has 7 nitrogen and oxygen atoms in total. The molecule has 0 amide bonds. The molecule has 0 aliphatic carbocycles. The van der Waals surface area contributed by atoms with E-state index in [4.69, 9.17) is 9.83 Å². The summed E-state index contributed by atoms with van der Waals surface area (Å²) in [6, 6.07) is 13.9. The number of nitrogens with zero attached hydrogens (tertiary/aromatic N) is 6. The molecule has 0 saturated carbocycles. The minimum Gasteiger partial charge on any atom is -0.396 e. The van der Waals surface area contributed by atoms with Crippen LogP contribution in [0.15, 0.2) is 58.8 Å². The van der Waals surface area contributed by atoms with Gasteiger partial charge in [-0.15, -0.1) is 10.2 Å². The number of alkyl halides is 1. The predicted molar refractivity (Wildman–Crippen MR) is 111 cm³/mol. The second-order valence-corrected chi connectivity index (χ2v) is 7.00. The zero-order valence-electron chi connectivity index (χ0n) is 15.4. The van der Waals surface area contributed by atoms with E-state index < -0.39 is 0 Å². The van der Waals surface area contributed by atoms with Gasteiger partial charge in [0.2, 0.25) is 0 Å². The minimum absolute atomic E-state index is 0.336. The van der Waals surface area contributed by atoms with Gasteiger partial charge in [0.25, 0.3) is 0 Å². The summed E-state index contributed by atoms with van der Waals surface area (Å²) in [6.07, 6.45) is 4.93. The van der Waals surface area contributed by atoms with Crippen molar-refractivity contribution in [2.24, 2.45) is 10.1 Å². The second kappa shape index (κ2) is 8.43. The number of benzene rings is 1. The van der Waals surface area contributed by atoms with Crippen molar-refractivity contribution in [1.82, 2.24) is 19.7 Å². The van der Waals surface area contributed by atoms with Gasteiger partial charge in [0.1, 0.15) is 12.4 Å². The molecule has 3 heterocycles. The highest BCUT2D eigenvalue weighted by Crippen LogP contribution is 2.33. The number of hydrogen-bond donors (Lipinski definition) is 0. The Morgan fingerprint density at radius 2 is 2.04 bits per heavy atom. The first-order valence-corrected chi connectivity index (χ1v) is 10.0.